The van der Waals surface area contributed by atoms with Gasteiger partial charge in [-0.05, 0) is 26.0 Å². The Morgan fingerprint density at radius 1 is 1.40 bits per heavy atom. The zero-order chi connectivity index (χ0) is 11.0. The number of hydrogen-bond donors (Lipinski definition) is 1. The number of carbonyl (C=O) groups is 1. The van der Waals surface area contributed by atoms with Crippen molar-refractivity contribution in [2.45, 2.75) is 13.8 Å². The second kappa shape index (κ2) is 3.27. The fourth-order valence-electron chi connectivity index (χ4n) is 1.42. The van der Waals surface area contributed by atoms with Gasteiger partial charge in [0.2, 0.25) is 5.76 Å². The Kier molecular flexibility index (Phi) is 2.07. The monoisotopic (exact) mass is 207 g/mol. The van der Waals surface area contributed by atoms with Crippen LogP contribution in [0.5, 0.6) is 0 Å². The molecule has 0 saturated heterocycles. The minimum absolute atomic E-state index is 0.0926. The van der Waals surface area contributed by atoms with Gasteiger partial charge in [-0.1, -0.05) is 5.16 Å². The zero-order valence-corrected chi connectivity index (χ0v) is 8.27. The number of carboxylic acid groups (broad SMARTS) is 1. The number of aromatic nitrogens is 1. The van der Waals surface area contributed by atoms with Crippen molar-refractivity contribution in [1.29, 1.82) is 0 Å². The third-order valence-corrected chi connectivity index (χ3v) is 2.10. The Morgan fingerprint density at radius 3 is 2.60 bits per heavy atom. The molecule has 0 saturated carbocycles. The molecule has 5 heteroatoms. The van der Waals surface area contributed by atoms with E-state index < -0.39 is 5.97 Å². The van der Waals surface area contributed by atoms with Crippen molar-refractivity contribution in [3.63, 3.8) is 0 Å². The van der Waals surface area contributed by atoms with Gasteiger partial charge >= 0.3 is 5.97 Å². The van der Waals surface area contributed by atoms with Crippen molar-refractivity contribution in [1.82, 2.24) is 5.16 Å². The number of nitrogens with zero attached hydrogens (tertiary/aromatic N) is 1. The lowest BCUT2D eigenvalue weighted by atomic mass is 10.1. The molecule has 0 radical (unpaired) electrons. The van der Waals surface area contributed by atoms with E-state index in [4.69, 9.17) is 14.0 Å². The summed E-state index contributed by atoms with van der Waals surface area (Å²) in [4.78, 5) is 10.6. The Labute approximate surface area is 85.3 Å². The minimum atomic E-state index is -1.09. The molecular weight excluding hydrogens is 198 g/mol. The second-order valence-electron chi connectivity index (χ2n) is 3.17. The van der Waals surface area contributed by atoms with E-state index in [0.29, 0.717) is 22.8 Å². The SMILES string of the molecule is Cc1noc(C)c1-c1ccc(C(=O)O)o1. The van der Waals surface area contributed by atoms with Gasteiger partial charge < -0.3 is 14.0 Å². The smallest absolute Gasteiger partial charge is 0.371 e. The maximum atomic E-state index is 10.6. The Hall–Kier alpha value is -2.04. The molecule has 0 unspecified atom stereocenters. The van der Waals surface area contributed by atoms with Crippen LogP contribution in [0.3, 0.4) is 0 Å². The second-order valence-corrected chi connectivity index (χ2v) is 3.17. The normalized spacial score (nSPS) is 10.5. The highest BCUT2D eigenvalue weighted by molar-refractivity contribution is 5.85. The van der Waals surface area contributed by atoms with Gasteiger partial charge in [-0.2, -0.15) is 0 Å². The average Bonchev–Trinajstić information content (AvgIpc) is 2.73. The van der Waals surface area contributed by atoms with E-state index in [1.165, 1.54) is 6.07 Å². The summed E-state index contributed by atoms with van der Waals surface area (Å²) in [6, 6.07) is 3.00. The quantitative estimate of drug-likeness (QED) is 0.817. The largest absolute Gasteiger partial charge is 0.475 e. The van der Waals surface area contributed by atoms with Gasteiger partial charge in [0.05, 0.1) is 11.3 Å². The molecule has 1 N–H and O–H groups in total. The van der Waals surface area contributed by atoms with Crippen molar-refractivity contribution in [3.05, 3.63) is 29.3 Å². The van der Waals surface area contributed by atoms with Crippen LogP contribution in [0, 0.1) is 13.8 Å². The fourth-order valence-corrected chi connectivity index (χ4v) is 1.42. The van der Waals surface area contributed by atoms with Crippen LogP contribution in [0.1, 0.15) is 22.0 Å². The summed E-state index contributed by atoms with van der Waals surface area (Å²) in [6.07, 6.45) is 0. The third kappa shape index (κ3) is 1.52. The predicted octanol–water partition coefficient (Wildman–Crippen LogP) is 2.25. The fraction of sp³-hybridized carbons (Fsp3) is 0.200. The number of carboxylic acids is 1. The first kappa shape index (κ1) is 9.51. The molecule has 2 aromatic heterocycles. The van der Waals surface area contributed by atoms with Crippen molar-refractivity contribution in [3.8, 4) is 11.3 Å². The molecule has 78 valence electrons. The summed E-state index contributed by atoms with van der Waals surface area (Å²) in [6.45, 7) is 3.52. The summed E-state index contributed by atoms with van der Waals surface area (Å²) in [5.41, 5.74) is 1.39. The lowest BCUT2D eigenvalue weighted by molar-refractivity contribution is 0.0663. The topological polar surface area (TPSA) is 76.5 Å². The number of aromatic carboxylic acids is 1. The molecule has 0 aliphatic heterocycles. The Bertz CT molecular complexity index is 490. The highest BCUT2D eigenvalue weighted by Gasteiger charge is 2.17. The maximum absolute atomic E-state index is 10.6. The summed E-state index contributed by atoms with van der Waals surface area (Å²) in [7, 11) is 0. The first-order valence-corrected chi connectivity index (χ1v) is 4.36. The third-order valence-electron chi connectivity index (χ3n) is 2.10. The highest BCUT2D eigenvalue weighted by atomic mass is 16.5. The van der Waals surface area contributed by atoms with Gasteiger partial charge in [-0.25, -0.2) is 4.79 Å². The molecule has 2 heterocycles. The van der Waals surface area contributed by atoms with Crippen LogP contribution in [0.15, 0.2) is 21.1 Å². The summed E-state index contributed by atoms with van der Waals surface area (Å²) >= 11 is 0. The van der Waals surface area contributed by atoms with E-state index in [-0.39, 0.29) is 5.76 Å². The number of rotatable bonds is 2. The predicted molar refractivity (Wildman–Crippen MR) is 50.6 cm³/mol. The molecule has 2 rings (SSSR count). The van der Waals surface area contributed by atoms with Crippen LogP contribution in [0.2, 0.25) is 0 Å². The van der Waals surface area contributed by atoms with Crippen molar-refractivity contribution in [2.75, 3.05) is 0 Å². The number of furan rings is 1. The molecule has 2 aromatic rings. The molecule has 15 heavy (non-hydrogen) atoms. The molecular formula is C10H9NO4. The van der Waals surface area contributed by atoms with E-state index in [1.807, 2.05) is 0 Å². The van der Waals surface area contributed by atoms with E-state index >= 15 is 0 Å². The van der Waals surface area contributed by atoms with Gasteiger partial charge in [0, 0.05) is 0 Å². The van der Waals surface area contributed by atoms with Gasteiger partial charge in [0.25, 0.3) is 0 Å². The van der Waals surface area contributed by atoms with Crippen LogP contribution < -0.4 is 0 Å². The summed E-state index contributed by atoms with van der Waals surface area (Å²) < 4.78 is 10.1. The standard InChI is InChI=1S/C10H9NO4/c1-5-9(6(2)15-11-5)7-3-4-8(14-7)10(12)13/h3-4H,1-2H3,(H,12,13). The van der Waals surface area contributed by atoms with E-state index in [2.05, 4.69) is 5.16 Å². The minimum Gasteiger partial charge on any atom is -0.475 e. The van der Waals surface area contributed by atoms with Crippen LogP contribution in [-0.4, -0.2) is 16.2 Å². The Balaban J connectivity index is 2.50. The van der Waals surface area contributed by atoms with Gasteiger partial charge in [0.1, 0.15) is 11.5 Å². The van der Waals surface area contributed by atoms with Crippen molar-refractivity contribution >= 4 is 5.97 Å². The molecule has 0 aliphatic rings. The van der Waals surface area contributed by atoms with Gasteiger partial charge in [-0.3, -0.25) is 0 Å². The average molecular weight is 207 g/mol. The van der Waals surface area contributed by atoms with E-state index in [9.17, 15) is 4.79 Å². The highest BCUT2D eigenvalue weighted by Crippen LogP contribution is 2.28. The molecule has 0 aromatic carbocycles. The maximum Gasteiger partial charge on any atom is 0.371 e. The lowest BCUT2D eigenvalue weighted by Crippen LogP contribution is -1.91. The van der Waals surface area contributed by atoms with Crippen LogP contribution in [0.25, 0.3) is 11.3 Å². The summed E-state index contributed by atoms with van der Waals surface area (Å²) in [5.74, 6) is -0.111. The number of hydrogen-bond acceptors (Lipinski definition) is 4. The molecule has 0 spiro atoms. The van der Waals surface area contributed by atoms with E-state index in [1.54, 1.807) is 19.9 Å². The van der Waals surface area contributed by atoms with Gasteiger partial charge in [-0.15, -0.1) is 0 Å². The Morgan fingerprint density at radius 2 is 2.13 bits per heavy atom. The molecule has 0 aliphatic carbocycles. The van der Waals surface area contributed by atoms with Crippen molar-refractivity contribution < 1.29 is 18.8 Å². The lowest BCUT2D eigenvalue weighted by Gasteiger charge is -1.93. The molecule has 0 fully saturated rings. The van der Waals surface area contributed by atoms with Crippen LogP contribution >= 0.6 is 0 Å². The van der Waals surface area contributed by atoms with Crippen molar-refractivity contribution in [2.24, 2.45) is 0 Å². The molecule has 0 atom stereocenters. The zero-order valence-electron chi connectivity index (χ0n) is 8.27. The first-order chi connectivity index (χ1) is 7.09. The molecule has 0 amide bonds. The van der Waals surface area contributed by atoms with Crippen LogP contribution in [-0.2, 0) is 0 Å². The molecule has 5 nitrogen and oxygen atoms in total. The van der Waals surface area contributed by atoms with Crippen LogP contribution in [0.4, 0.5) is 0 Å². The summed E-state index contributed by atoms with van der Waals surface area (Å²) in [5, 5.41) is 12.5. The van der Waals surface area contributed by atoms with Gasteiger partial charge in [0.15, 0.2) is 0 Å². The van der Waals surface area contributed by atoms with E-state index in [0.717, 1.165) is 0 Å². The number of aryl methyl sites for hydroxylation is 2. The molecule has 0 bridgehead atoms. The first-order valence-electron chi connectivity index (χ1n) is 4.36.